The molecule has 0 unspecified atom stereocenters. The second kappa shape index (κ2) is 6.08. The molecule has 0 bridgehead atoms. The number of hydrogen-bond donors (Lipinski definition) is 2. The third-order valence-corrected chi connectivity index (χ3v) is 7.27. The standard InChI is InChI=1S/C24H20N2OS/c27-23-21-18-11-5-6-12-19(18)28-24(21)26-22(25-23)20-16-9-3-1-7-14(16)13-15-8-2-4-10-17(15)20/h1-4,7-10,13,22,26H,5-6,11-12H2,(H,25,27)/t22-/m1/s1. The topological polar surface area (TPSA) is 41.1 Å². The Bertz CT molecular complexity index is 1200. The van der Waals surface area contributed by atoms with Crippen LogP contribution in [0.15, 0.2) is 54.6 Å². The van der Waals surface area contributed by atoms with Crippen molar-refractivity contribution >= 4 is 43.8 Å². The second-order valence-corrected chi connectivity index (χ2v) is 8.80. The van der Waals surface area contributed by atoms with Crippen LogP contribution in [-0.2, 0) is 12.8 Å². The van der Waals surface area contributed by atoms with Gasteiger partial charge in [-0.3, -0.25) is 4.79 Å². The number of rotatable bonds is 1. The Balaban J connectivity index is 1.56. The molecular formula is C24H20N2OS. The van der Waals surface area contributed by atoms with Gasteiger partial charge in [-0.05, 0) is 58.9 Å². The summed E-state index contributed by atoms with van der Waals surface area (Å²) >= 11 is 1.78. The molecule has 2 aliphatic rings. The molecule has 2 N–H and O–H groups in total. The Morgan fingerprint density at radius 2 is 1.54 bits per heavy atom. The number of carbonyl (C=O) groups is 1. The minimum atomic E-state index is -0.226. The number of amides is 1. The Labute approximate surface area is 167 Å². The van der Waals surface area contributed by atoms with E-state index >= 15 is 0 Å². The highest BCUT2D eigenvalue weighted by Gasteiger charge is 2.33. The summed E-state index contributed by atoms with van der Waals surface area (Å²) in [6, 6.07) is 19.1. The molecule has 138 valence electrons. The molecule has 1 aliphatic heterocycles. The fraction of sp³-hybridized carbons (Fsp3) is 0.208. The minimum absolute atomic E-state index is 0.0650. The second-order valence-electron chi connectivity index (χ2n) is 7.70. The number of carbonyl (C=O) groups excluding carboxylic acids is 1. The lowest BCUT2D eigenvalue weighted by molar-refractivity contribution is 0.0936. The van der Waals surface area contributed by atoms with Gasteiger partial charge < -0.3 is 10.6 Å². The van der Waals surface area contributed by atoms with Crippen molar-refractivity contribution in [1.82, 2.24) is 5.32 Å². The van der Waals surface area contributed by atoms with Gasteiger partial charge in [-0.1, -0.05) is 48.5 Å². The van der Waals surface area contributed by atoms with Crippen molar-refractivity contribution in [1.29, 1.82) is 0 Å². The van der Waals surface area contributed by atoms with Gasteiger partial charge in [-0.15, -0.1) is 11.3 Å². The number of anilines is 1. The van der Waals surface area contributed by atoms with Crippen LogP contribution in [0.2, 0.25) is 0 Å². The van der Waals surface area contributed by atoms with Crippen LogP contribution in [0.5, 0.6) is 0 Å². The minimum Gasteiger partial charge on any atom is -0.353 e. The molecular weight excluding hydrogens is 364 g/mol. The van der Waals surface area contributed by atoms with Crippen LogP contribution in [0.25, 0.3) is 21.5 Å². The highest BCUT2D eigenvalue weighted by Crippen LogP contribution is 2.43. The van der Waals surface area contributed by atoms with E-state index in [1.165, 1.54) is 44.8 Å². The van der Waals surface area contributed by atoms with Gasteiger partial charge in [0.1, 0.15) is 11.2 Å². The molecule has 3 nitrogen and oxygen atoms in total. The van der Waals surface area contributed by atoms with Gasteiger partial charge in [0.25, 0.3) is 5.91 Å². The van der Waals surface area contributed by atoms with Gasteiger partial charge in [0.15, 0.2) is 0 Å². The summed E-state index contributed by atoms with van der Waals surface area (Å²) in [6.45, 7) is 0. The van der Waals surface area contributed by atoms with Crippen LogP contribution >= 0.6 is 11.3 Å². The van der Waals surface area contributed by atoms with Gasteiger partial charge >= 0.3 is 0 Å². The van der Waals surface area contributed by atoms with Gasteiger partial charge in [0.05, 0.1) is 5.56 Å². The average molecular weight is 385 g/mol. The first kappa shape index (κ1) is 16.1. The summed E-state index contributed by atoms with van der Waals surface area (Å²) in [5.74, 6) is 0.0650. The lowest BCUT2D eigenvalue weighted by Crippen LogP contribution is -2.38. The summed E-state index contributed by atoms with van der Waals surface area (Å²) in [5.41, 5.74) is 3.32. The summed E-state index contributed by atoms with van der Waals surface area (Å²) in [5, 5.41) is 12.7. The molecule has 2 heterocycles. The first-order valence-electron chi connectivity index (χ1n) is 9.92. The smallest absolute Gasteiger partial charge is 0.256 e. The van der Waals surface area contributed by atoms with E-state index in [4.69, 9.17) is 0 Å². The molecule has 28 heavy (non-hydrogen) atoms. The van der Waals surface area contributed by atoms with Crippen LogP contribution in [-0.4, -0.2) is 5.91 Å². The van der Waals surface area contributed by atoms with Gasteiger partial charge in [0, 0.05) is 10.4 Å². The third-order valence-electron chi connectivity index (χ3n) is 6.05. The fourth-order valence-corrected chi connectivity index (χ4v) is 6.10. The number of thiophene rings is 1. The molecule has 0 radical (unpaired) electrons. The number of benzene rings is 3. The monoisotopic (exact) mass is 384 g/mol. The zero-order chi connectivity index (χ0) is 18.7. The van der Waals surface area contributed by atoms with Crippen molar-refractivity contribution < 1.29 is 4.79 Å². The lowest BCUT2D eigenvalue weighted by atomic mass is 9.92. The van der Waals surface area contributed by atoms with E-state index < -0.39 is 0 Å². The lowest BCUT2D eigenvalue weighted by Gasteiger charge is -2.29. The van der Waals surface area contributed by atoms with Crippen LogP contribution in [0, 0.1) is 0 Å². The highest BCUT2D eigenvalue weighted by atomic mass is 32.1. The number of fused-ring (bicyclic) bond motifs is 5. The van der Waals surface area contributed by atoms with Crippen LogP contribution in [0.3, 0.4) is 0 Å². The number of nitrogens with one attached hydrogen (secondary N) is 2. The Kier molecular flexibility index (Phi) is 3.50. The van der Waals surface area contributed by atoms with E-state index in [9.17, 15) is 4.79 Å². The van der Waals surface area contributed by atoms with Crippen molar-refractivity contribution in [2.75, 3.05) is 5.32 Å². The quantitative estimate of drug-likeness (QED) is 0.408. The largest absolute Gasteiger partial charge is 0.353 e. The number of aryl methyl sites for hydroxylation is 1. The van der Waals surface area contributed by atoms with Crippen molar-refractivity contribution in [3.63, 3.8) is 0 Å². The van der Waals surface area contributed by atoms with E-state index in [1.54, 1.807) is 11.3 Å². The highest BCUT2D eigenvalue weighted by molar-refractivity contribution is 7.16. The first-order chi connectivity index (χ1) is 13.8. The van der Waals surface area contributed by atoms with Crippen LogP contribution in [0.4, 0.5) is 5.00 Å². The van der Waals surface area contributed by atoms with E-state index in [0.29, 0.717) is 0 Å². The molecule has 0 spiro atoms. The average Bonchev–Trinajstić information content (AvgIpc) is 3.10. The van der Waals surface area contributed by atoms with Crippen molar-refractivity contribution in [2.45, 2.75) is 31.8 Å². The zero-order valence-corrected chi connectivity index (χ0v) is 16.2. The van der Waals surface area contributed by atoms with Gasteiger partial charge in [-0.2, -0.15) is 0 Å². The van der Waals surface area contributed by atoms with Crippen LogP contribution < -0.4 is 10.6 Å². The maximum atomic E-state index is 13.1. The molecule has 0 saturated heterocycles. The molecule has 4 aromatic rings. The predicted octanol–water partition coefficient (Wildman–Crippen LogP) is 5.79. The molecule has 1 aromatic heterocycles. The maximum Gasteiger partial charge on any atom is 0.256 e. The third kappa shape index (κ3) is 2.31. The van der Waals surface area contributed by atoms with E-state index in [-0.39, 0.29) is 12.1 Å². The zero-order valence-electron chi connectivity index (χ0n) is 15.4. The summed E-state index contributed by atoms with van der Waals surface area (Å²) in [4.78, 5) is 14.5. The van der Waals surface area contributed by atoms with Crippen molar-refractivity contribution in [2.24, 2.45) is 0 Å². The first-order valence-corrected chi connectivity index (χ1v) is 10.7. The molecule has 3 aromatic carbocycles. The maximum absolute atomic E-state index is 13.1. The Hall–Kier alpha value is -2.85. The van der Waals surface area contributed by atoms with Crippen molar-refractivity contribution in [3.8, 4) is 0 Å². The molecule has 4 heteroatoms. The van der Waals surface area contributed by atoms with E-state index in [0.717, 1.165) is 29.0 Å². The normalized spacial score (nSPS) is 18.4. The SMILES string of the molecule is O=C1N[C@@H](c2c3ccccc3cc3ccccc23)Nc2sc3c(c21)CCCC3. The molecule has 1 amide bonds. The fourth-order valence-electron chi connectivity index (χ4n) is 4.78. The molecule has 0 fully saturated rings. The summed E-state index contributed by atoms with van der Waals surface area (Å²) in [7, 11) is 0. The Morgan fingerprint density at radius 1 is 0.857 bits per heavy atom. The predicted molar refractivity (Wildman–Crippen MR) is 116 cm³/mol. The molecule has 1 aliphatic carbocycles. The molecule has 6 rings (SSSR count). The van der Waals surface area contributed by atoms with E-state index in [2.05, 4.69) is 65.2 Å². The molecule has 0 saturated carbocycles. The summed E-state index contributed by atoms with van der Waals surface area (Å²) in [6.07, 6.45) is 4.31. The Morgan fingerprint density at radius 3 is 2.29 bits per heavy atom. The van der Waals surface area contributed by atoms with Gasteiger partial charge in [-0.25, -0.2) is 0 Å². The van der Waals surface area contributed by atoms with E-state index in [1.807, 2.05) is 0 Å². The van der Waals surface area contributed by atoms with Gasteiger partial charge in [0.2, 0.25) is 0 Å². The number of hydrogen-bond acceptors (Lipinski definition) is 3. The van der Waals surface area contributed by atoms with Crippen molar-refractivity contribution in [3.05, 3.63) is 76.2 Å². The van der Waals surface area contributed by atoms with Crippen LogP contribution in [0.1, 0.15) is 45.4 Å². The molecule has 1 atom stereocenters. The summed E-state index contributed by atoms with van der Waals surface area (Å²) < 4.78 is 0.